The highest BCUT2D eigenvalue weighted by atomic mass is 15.2. The Hall–Kier alpha value is -2.24. The first-order valence-electron chi connectivity index (χ1n) is 13.5. The highest BCUT2D eigenvalue weighted by molar-refractivity contribution is 5.75. The van der Waals surface area contributed by atoms with E-state index in [9.17, 15) is 0 Å². The Morgan fingerprint density at radius 3 is 2.82 bits per heavy atom. The molecular formula is C29H41N5. The van der Waals surface area contributed by atoms with E-state index in [0.717, 1.165) is 38.0 Å². The molecule has 0 radical (unpaired) electrons. The number of rotatable bonds is 8. The molecule has 2 atom stereocenters. The van der Waals surface area contributed by atoms with Gasteiger partial charge >= 0.3 is 0 Å². The van der Waals surface area contributed by atoms with Gasteiger partial charge in [-0.15, -0.1) is 0 Å². The smallest absolute Gasteiger partial charge is 0.124 e. The van der Waals surface area contributed by atoms with Gasteiger partial charge in [0, 0.05) is 25.3 Å². The molecule has 2 aliphatic rings. The minimum atomic E-state index is 0.393. The Kier molecular flexibility index (Phi) is 7.31. The Bertz CT molecular complexity index is 1090. The third kappa shape index (κ3) is 4.92. The number of aryl methyl sites for hydroxylation is 1. The van der Waals surface area contributed by atoms with Crippen LogP contribution in [0.5, 0.6) is 0 Å². The van der Waals surface area contributed by atoms with Gasteiger partial charge in [0.2, 0.25) is 0 Å². The van der Waals surface area contributed by atoms with Crippen LogP contribution in [0.25, 0.3) is 11.0 Å². The van der Waals surface area contributed by atoms with Crippen LogP contribution in [0.1, 0.15) is 76.0 Å². The summed E-state index contributed by atoms with van der Waals surface area (Å²) in [6, 6.07) is 14.1. The summed E-state index contributed by atoms with van der Waals surface area (Å²) >= 11 is 0. The molecule has 182 valence electrons. The predicted octanol–water partition coefficient (Wildman–Crippen LogP) is 5.84. The van der Waals surface area contributed by atoms with Crippen LogP contribution in [0.3, 0.4) is 0 Å². The second-order valence-corrected chi connectivity index (χ2v) is 10.7. The quantitative estimate of drug-likeness (QED) is 0.424. The maximum atomic E-state index is 5.19. The summed E-state index contributed by atoms with van der Waals surface area (Å²) in [7, 11) is 0. The second kappa shape index (κ2) is 10.6. The number of hydrogen-bond donors (Lipinski definition) is 0. The molecule has 34 heavy (non-hydrogen) atoms. The summed E-state index contributed by atoms with van der Waals surface area (Å²) in [5.74, 6) is 1.91. The maximum Gasteiger partial charge on any atom is 0.124 e. The fourth-order valence-electron chi connectivity index (χ4n) is 6.18. The van der Waals surface area contributed by atoms with Gasteiger partial charge in [-0.3, -0.25) is 9.88 Å². The summed E-state index contributed by atoms with van der Waals surface area (Å²) in [6.45, 7) is 12.4. The standard InChI is InChI=1S/C29H41N5/c1-4-17-33(27-15-7-11-24-12-8-16-30-29(24)27)21-28-31-25-13-5-6-14-26(25)34(28)20-23-10-9-18-32(19-23)22(2)3/h5-6,8,12-14,16,22-23,27H,4,7,9-11,15,17-21H2,1-3H3/t23-,27-/m0/s1. The topological polar surface area (TPSA) is 37.2 Å². The Morgan fingerprint density at radius 1 is 1.09 bits per heavy atom. The van der Waals surface area contributed by atoms with E-state index in [1.54, 1.807) is 0 Å². The van der Waals surface area contributed by atoms with Crippen molar-refractivity contribution in [3.63, 3.8) is 0 Å². The Labute approximate surface area is 205 Å². The van der Waals surface area contributed by atoms with E-state index in [2.05, 4.69) is 71.5 Å². The second-order valence-electron chi connectivity index (χ2n) is 10.7. The van der Waals surface area contributed by atoms with E-state index in [0.29, 0.717) is 18.0 Å². The van der Waals surface area contributed by atoms with Gasteiger partial charge in [0.05, 0.1) is 29.3 Å². The number of aromatic nitrogens is 3. The predicted molar refractivity (Wildman–Crippen MR) is 140 cm³/mol. The number of hydrogen-bond acceptors (Lipinski definition) is 4. The molecule has 1 fully saturated rings. The zero-order valence-corrected chi connectivity index (χ0v) is 21.3. The summed E-state index contributed by atoms with van der Waals surface area (Å²) in [5, 5.41) is 0. The van der Waals surface area contributed by atoms with Crippen molar-refractivity contribution in [2.45, 2.75) is 84.5 Å². The van der Waals surface area contributed by atoms with Gasteiger partial charge in [0.15, 0.2) is 0 Å². The molecule has 0 bridgehead atoms. The lowest BCUT2D eigenvalue weighted by Crippen LogP contribution is -2.41. The number of fused-ring (bicyclic) bond motifs is 2. The van der Waals surface area contributed by atoms with Crippen molar-refractivity contribution in [1.29, 1.82) is 0 Å². The van der Waals surface area contributed by atoms with Gasteiger partial charge in [-0.25, -0.2) is 4.98 Å². The minimum absolute atomic E-state index is 0.393. The zero-order chi connectivity index (χ0) is 23.5. The highest BCUT2D eigenvalue weighted by Gasteiger charge is 2.29. The monoisotopic (exact) mass is 459 g/mol. The summed E-state index contributed by atoms with van der Waals surface area (Å²) in [5.41, 5.74) is 5.15. The van der Waals surface area contributed by atoms with Crippen molar-refractivity contribution in [2.24, 2.45) is 5.92 Å². The average molecular weight is 460 g/mol. The van der Waals surface area contributed by atoms with E-state index < -0.39 is 0 Å². The number of nitrogens with zero attached hydrogens (tertiary/aromatic N) is 5. The molecule has 0 unspecified atom stereocenters. The maximum absolute atomic E-state index is 5.19. The molecule has 0 spiro atoms. The van der Waals surface area contributed by atoms with E-state index in [1.165, 1.54) is 61.4 Å². The normalized spacial score (nSPS) is 21.4. The number of pyridine rings is 1. The van der Waals surface area contributed by atoms with Crippen molar-refractivity contribution in [1.82, 2.24) is 24.3 Å². The van der Waals surface area contributed by atoms with E-state index in [-0.39, 0.29) is 0 Å². The molecule has 5 nitrogen and oxygen atoms in total. The van der Waals surface area contributed by atoms with Crippen molar-refractivity contribution in [3.8, 4) is 0 Å². The lowest BCUT2D eigenvalue weighted by molar-refractivity contribution is 0.128. The van der Waals surface area contributed by atoms with E-state index >= 15 is 0 Å². The van der Waals surface area contributed by atoms with Crippen molar-refractivity contribution < 1.29 is 0 Å². The van der Waals surface area contributed by atoms with Crippen molar-refractivity contribution in [2.75, 3.05) is 19.6 Å². The minimum Gasteiger partial charge on any atom is -0.327 e. The number of imidazole rings is 1. The molecule has 1 saturated heterocycles. The van der Waals surface area contributed by atoms with Crippen LogP contribution >= 0.6 is 0 Å². The van der Waals surface area contributed by atoms with Gasteiger partial charge in [-0.1, -0.05) is 25.1 Å². The average Bonchev–Trinajstić information content (AvgIpc) is 3.20. The number of piperidine rings is 1. The van der Waals surface area contributed by atoms with Crippen molar-refractivity contribution in [3.05, 3.63) is 59.7 Å². The fourth-order valence-corrected chi connectivity index (χ4v) is 6.18. The van der Waals surface area contributed by atoms with E-state index in [1.807, 2.05) is 6.20 Å². The molecular weight excluding hydrogens is 418 g/mol. The van der Waals surface area contributed by atoms with Gasteiger partial charge in [0.1, 0.15) is 5.82 Å². The molecule has 1 aromatic carbocycles. The first kappa shape index (κ1) is 23.5. The molecule has 0 amide bonds. The molecule has 5 heteroatoms. The Morgan fingerprint density at radius 2 is 1.97 bits per heavy atom. The van der Waals surface area contributed by atoms with Crippen LogP contribution in [-0.2, 0) is 19.5 Å². The summed E-state index contributed by atoms with van der Waals surface area (Å²) in [4.78, 5) is 15.4. The third-order valence-corrected chi connectivity index (χ3v) is 7.92. The summed E-state index contributed by atoms with van der Waals surface area (Å²) < 4.78 is 2.55. The molecule has 1 aliphatic heterocycles. The first-order chi connectivity index (χ1) is 16.6. The molecule has 2 aromatic heterocycles. The number of benzene rings is 1. The number of para-hydroxylation sites is 2. The van der Waals surface area contributed by atoms with Gasteiger partial charge in [-0.05, 0) is 95.1 Å². The SMILES string of the molecule is CCCN(Cc1nc2ccccc2n1C[C@H]1CCCN(C(C)C)C1)[C@H]1CCCc2cccnc21. The van der Waals surface area contributed by atoms with Crippen LogP contribution < -0.4 is 0 Å². The van der Waals surface area contributed by atoms with Crippen LogP contribution in [0.4, 0.5) is 0 Å². The van der Waals surface area contributed by atoms with Crippen LogP contribution in [0.15, 0.2) is 42.6 Å². The Balaban J connectivity index is 1.45. The highest BCUT2D eigenvalue weighted by Crippen LogP contribution is 2.34. The fraction of sp³-hybridized carbons (Fsp3) is 0.586. The largest absolute Gasteiger partial charge is 0.327 e. The molecule has 1 aliphatic carbocycles. The van der Waals surface area contributed by atoms with Crippen LogP contribution in [0.2, 0.25) is 0 Å². The summed E-state index contributed by atoms with van der Waals surface area (Å²) in [6.07, 6.45) is 9.32. The van der Waals surface area contributed by atoms with Crippen LogP contribution in [-0.4, -0.2) is 50.0 Å². The van der Waals surface area contributed by atoms with E-state index in [4.69, 9.17) is 9.97 Å². The molecule has 0 saturated carbocycles. The molecule has 0 N–H and O–H groups in total. The molecule has 5 rings (SSSR count). The molecule has 3 heterocycles. The zero-order valence-electron chi connectivity index (χ0n) is 21.3. The third-order valence-electron chi connectivity index (χ3n) is 7.92. The lowest BCUT2D eigenvalue weighted by Gasteiger charge is -2.36. The number of likely N-dealkylation sites (tertiary alicyclic amines) is 1. The van der Waals surface area contributed by atoms with Gasteiger partial charge in [-0.2, -0.15) is 0 Å². The lowest BCUT2D eigenvalue weighted by atomic mass is 9.90. The van der Waals surface area contributed by atoms with Gasteiger partial charge < -0.3 is 9.47 Å². The first-order valence-corrected chi connectivity index (χ1v) is 13.5. The molecule has 3 aromatic rings. The van der Waals surface area contributed by atoms with Crippen molar-refractivity contribution >= 4 is 11.0 Å². The van der Waals surface area contributed by atoms with Crippen LogP contribution in [0, 0.1) is 5.92 Å². The van der Waals surface area contributed by atoms with Gasteiger partial charge in [0.25, 0.3) is 0 Å².